The zero-order valence-electron chi connectivity index (χ0n) is 8.65. The molecule has 82 valence electrons. The van der Waals surface area contributed by atoms with Crippen molar-refractivity contribution in [2.75, 3.05) is 0 Å². The number of carboxylic acids is 1. The molecule has 0 saturated heterocycles. The molecule has 0 saturated carbocycles. The number of hydrogen-bond donors (Lipinski definition) is 2. The van der Waals surface area contributed by atoms with Gasteiger partial charge >= 0.3 is 5.97 Å². The van der Waals surface area contributed by atoms with Crippen molar-refractivity contribution >= 4 is 5.97 Å². The van der Waals surface area contributed by atoms with Crippen LogP contribution in [0.25, 0.3) is 0 Å². The first-order valence-electron chi connectivity index (χ1n) is 4.71. The molecule has 2 N–H and O–H groups in total. The van der Waals surface area contributed by atoms with Gasteiger partial charge in [-0.2, -0.15) is 0 Å². The van der Waals surface area contributed by atoms with Crippen LogP contribution in [0.3, 0.4) is 0 Å². The van der Waals surface area contributed by atoms with Gasteiger partial charge in [-0.05, 0) is 18.9 Å². The van der Waals surface area contributed by atoms with Gasteiger partial charge in [-0.25, -0.2) is 4.79 Å². The Kier molecular flexibility index (Phi) is 3.14. The molecule has 1 heterocycles. The summed E-state index contributed by atoms with van der Waals surface area (Å²) in [5.74, 6) is -1.44. The van der Waals surface area contributed by atoms with E-state index in [0.717, 1.165) is 4.57 Å². The average molecular weight is 211 g/mol. The molecule has 0 amide bonds. The standard InChI is InChI=1S/C10H13NO4/c1-3-6-5-7(12)11(4-2)9(13)8(6)10(14)15/h5,12H,3-4H2,1-2H3,(H,14,15). The summed E-state index contributed by atoms with van der Waals surface area (Å²) in [4.78, 5) is 22.6. The molecular formula is C10H13NO4. The van der Waals surface area contributed by atoms with Crippen LogP contribution in [-0.4, -0.2) is 20.7 Å². The topological polar surface area (TPSA) is 79.5 Å². The lowest BCUT2D eigenvalue weighted by atomic mass is 10.1. The van der Waals surface area contributed by atoms with E-state index in [1.165, 1.54) is 6.07 Å². The van der Waals surface area contributed by atoms with Crippen molar-refractivity contribution in [2.45, 2.75) is 26.8 Å². The van der Waals surface area contributed by atoms with Gasteiger partial charge in [0, 0.05) is 12.6 Å². The quantitative estimate of drug-likeness (QED) is 0.776. The second-order valence-corrected chi connectivity index (χ2v) is 3.11. The summed E-state index contributed by atoms with van der Waals surface area (Å²) in [6, 6.07) is 1.33. The third-order valence-electron chi connectivity index (χ3n) is 2.27. The number of hydrogen-bond acceptors (Lipinski definition) is 3. The molecule has 15 heavy (non-hydrogen) atoms. The Morgan fingerprint density at radius 2 is 2.07 bits per heavy atom. The van der Waals surface area contributed by atoms with Crippen molar-refractivity contribution in [3.05, 3.63) is 27.5 Å². The largest absolute Gasteiger partial charge is 0.494 e. The molecule has 0 aliphatic heterocycles. The predicted octanol–water partition coefficient (Wildman–Crippen LogP) is 0.834. The Morgan fingerprint density at radius 3 is 2.47 bits per heavy atom. The van der Waals surface area contributed by atoms with E-state index in [1.54, 1.807) is 13.8 Å². The molecule has 5 nitrogen and oxygen atoms in total. The van der Waals surface area contributed by atoms with Crippen LogP contribution in [0, 0.1) is 0 Å². The highest BCUT2D eigenvalue weighted by Gasteiger charge is 2.17. The fraction of sp³-hybridized carbons (Fsp3) is 0.400. The van der Waals surface area contributed by atoms with E-state index in [9.17, 15) is 14.7 Å². The Morgan fingerprint density at radius 1 is 1.47 bits per heavy atom. The number of aromatic hydroxyl groups is 1. The van der Waals surface area contributed by atoms with Gasteiger partial charge in [-0.3, -0.25) is 9.36 Å². The maximum Gasteiger partial charge on any atom is 0.341 e. The van der Waals surface area contributed by atoms with Gasteiger partial charge in [0.05, 0.1) is 0 Å². The lowest BCUT2D eigenvalue weighted by Gasteiger charge is -2.09. The summed E-state index contributed by atoms with van der Waals surface area (Å²) in [7, 11) is 0. The zero-order valence-corrected chi connectivity index (χ0v) is 8.65. The molecule has 0 unspecified atom stereocenters. The van der Waals surface area contributed by atoms with Crippen molar-refractivity contribution in [3.8, 4) is 5.88 Å². The molecular weight excluding hydrogens is 198 g/mol. The van der Waals surface area contributed by atoms with E-state index in [-0.39, 0.29) is 18.0 Å². The molecule has 1 rings (SSSR count). The number of carboxylic acid groups (broad SMARTS) is 1. The molecule has 0 bridgehead atoms. The van der Waals surface area contributed by atoms with Crippen LogP contribution in [0.2, 0.25) is 0 Å². The van der Waals surface area contributed by atoms with Crippen LogP contribution in [0.15, 0.2) is 10.9 Å². The first-order valence-corrected chi connectivity index (χ1v) is 4.71. The first-order chi connectivity index (χ1) is 7.02. The minimum absolute atomic E-state index is 0.190. The van der Waals surface area contributed by atoms with Gasteiger partial charge in [0.1, 0.15) is 5.56 Å². The molecule has 0 fully saturated rings. The summed E-state index contributed by atoms with van der Waals surface area (Å²) in [6.07, 6.45) is 0.398. The van der Waals surface area contributed by atoms with Gasteiger partial charge in [0.15, 0.2) is 5.88 Å². The summed E-state index contributed by atoms with van der Waals surface area (Å²) in [5.41, 5.74) is -0.547. The predicted molar refractivity (Wildman–Crippen MR) is 54.4 cm³/mol. The Hall–Kier alpha value is -1.78. The number of aromatic carboxylic acids is 1. The molecule has 0 spiro atoms. The van der Waals surface area contributed by atoms with Gasteiger partial charge in [-0.1, -0.05) is 6.92 Å². The van der Waals surface area contributed by atoms with Gasteiger partial charge in [0.2, 0.25) is 0 Å². The Balaban J connectivity index is 3.61. The van der Waals surface area contributed by atoms with Crippen molar-refractivity contribution in [3.63, 3.8) is 0 Å². The van der Waals surface area contributed by atoms with Crippen LogP contribution in [0.5, 0.6) is 5.88 Å². The van der Waals surface area contributed by atoms with E-state index in [2.05, 4.69) is 0 Å². The van der Waals surface area contributed by atoms with E-state index in [0.29, 0.717) is 12.0 Å². The second kappa shape index (κ2) is 4.16. The van der Waals surface area contributed by atoms with Crippen LogP contribution in [-0.2, 0) is 13.0 Å². The first kappa shape index (κ1) is 11.3. The molecule has 0 aliphatic rings. The SMILES string of the molecule is CCc1cc(O)n(CC)c(=O)c1C(=O)O. The van der Waals surface area contributed by atoms with Gasteiger partial charge < -0.3 is 10.2 Å². The fourth-order valence-electron chi connectivity index (χ4n) is 1.50. The lowest BCUT2D eigenvalue weighted by molar-refractivity contribution is 0.0693. The summed E-state index contributed by atoms with van der Waals surface area (Å²) >= 11 is 0. The maximum atomic E-state index is 11.7. The van der Waals surface area contributed by atoms with Crippen molar-refractivity contribution in [2.24, 2.45) is 0 Å². The number of pyridine rings is 1. The normalized spacial score (nSPS) is 10.3. The highest BCUT2D eigenvalue weighted by molar-refractivity contribution is 5.89. The lowest BCUT2D eigenvalue weighted by Crippen LogP contribution is -2.27. The number of aryl methyl sites for hydroxylation is 1. The molecule has 0 aliphatic carbocycles. The Labute approximate surface area is 86.6 Å². The summed E-state index contributed by atoms with van der Waals surface area (Å²) in [5, 5.41) is 18.4. The van der Waals surface area contributed by atoms with E-state index >= 15 is 0 Å². The monoisotopic (exact) mass is 211 g/mol. The smallest absolute Gasteiger partial charge is 0.341 e. The van der Waals surface area contributed by atoms with Crippen LogP contribution in [0.1, 0.15) is 29.8 Å². The molecule has 5 heteroatoms. The highest BCUT2D eigenvalue weighted by Crippen LogP contribution is 2.13. The maximum absolute atomic E-state index is 11.7. The van der Waals surface area contributed by atoms with Gasteiger partial charge in [-0.15, -0.1) is 0 Å². The zero-order chi connectivity index (χ0) is 11.6. The van der Waals surface area contributed by atoms with Crippen LogP contribution >= 0.6 is 0 Å². The molecule has 1 aromatic heterocycles. The molecule has 1 aromatic rings. The Bertz CT molecular complexity index is 447. The molecule has 0 aromatic carbocycles. The van der Waals surface area contributed by atoms with Gasteiger partial charge in [0.25, 0.3) is 5.56 Å². The van der Waals surface area contributed by atoms with Crippen molar-refractivity contribution in [1.82, 2.24) is 4.57 Å². The van der Waals surface area contributed by atoms with Crippen molar-refractivity contribution in [1.29, 1.82) is 0 Å². The fourth-order valence-corrected chi connectivity index (χ4v) is 1.50. The van der Waals surface area contributed by atoms with E-state index < -0.39 is 11.5 Å². The third kappa shape index (κ3) is 1.86. The number of carbonyl (C=O) groups is 1. The number of rotatable bonds is 3. The average Bonchev–Trinajstić information content (AvgIpc) is 2.16. The minimum atomic E-state index is -1.25. The van der Waals surface area contributed by atoms with Crippen LogP contribution < -0.4 is 5.56 Å². The highest BCUT2D eigenvalue weighted by atomic mass is 16.4. The summed E-state index contributed by atoms with van der Waals surface area (Å²) < 4.78 is 1.03. The number of aromatic nitrogens is 1. The van der Waals surface area contributed by atoms with Crippen LogP contribution in [0.4, 0.5) is 0 Å². The molecule has 0 radical (unpaired) electrons. The van der Waals surface area contributed by atoms with Crippen molar-refractivity contribution < 1.29 is 15.0 Å². The second-order valence-electron chi connectivity index (χ2n) is 3.11. The van der Waals surface area contributed by atoms with E-state index in [1.807, 2.05) is 0 Å². The molecule has 0 atom stereocenters. The number of nitrogens with zero attached hydrogens (tertiary/aromatic N) is 1. The van der Waals surface area contributed by atoms with E-state index in [4.69, 9.17) is 5.11 Å². The summed E-state index contributed by atoms with van der Waals surface area (Å²) in [6.45, 7) is 3.64. The third-order valence-corrected chi connectivity index (χ3v) is 2.27. The minimum Gasteiger partial charge on any atom is -0.494 e.